The van der Waals surface area contributed by atoms with E-state index in [-0.39, 0.29) is 12.3 Å². The largest absolute Gasteiger partial charge is 0.385 e. The van der Waals surface area contributed by atoms with Crippen LogP contribution in [0.15, 0.2) is 12.1 Å². The molecule has 1 aliphatic carbocycles. The van der Waals surface area contributed by atoms with Crippen LogP contribution >= 0.6 is 11.5 Å². The lowest BCUT2D eigenvalue weighted by Gasteiger charge is -2.35. The van der Waals surface area contributed by atoms with Crippen LogP contribution in [0, 0.1) is 6.92 Å². The predicted molar refractivity (Wildman–Crippen MR) is 132 cm³/mol. The van der Waals surface area contributed by atoms with Crippen LogP contribution in [0.2, 0.25) is 0 Å². The molecular weight excluding hydrogens is 450 g/mol. The summed E-state index contributed by atoms with van der Waals surface area (Å²) >= 11 is 1.44. The molecule has 9 heteroatoms. The van der Waals surface area contributed by atoms with E-state index in [0.29, 0.717) is 13.2 Å². The number of nitrogens with zero attached hydrogens (tertiary/aromatic N) is 5. The lowest BCUT2D eigenvalue weighted by Crippen LogP contribution is -2.44. The third-order valence-corrected chi connectivity index (χ3v) is 8.40. The Morgan fingerprint density at radius 1 is 1.15 bits per heavy atom. The van der Waals surface area contributed by atoms with Crippen LogP contribution in [0.4, 0.5) is 5.82 Å². The van der Waals surface area contributed by atoms with Gasteiger partial charge >= 0.3 is 0 Å². The highest BCUT2D eigenvalue weighted by atomic mass is 32.1. The molecule has 2 aliphatic heterocycles. The van der Waals surface area contributed by atoms with E-state index < -0.39 is 5.60 Å². The Labute approximate surface area is 204 Å². The summed E-state index contributed by atoms with van der Waals surface area (Å²) in [5.41, 5.74) is 3.73. The average molecular weight is 484 g/mol. The summed E-state index contributed by atoms with van der Waals surface area (Å²) in [5.74, 6) is 0.900. The third-order valence-electron chi connectivity index (χ3n) is 7.53. The van der Waals surface area contributed by atoms with Crippen molar-refractivity contribution in [3.05, 3.63) is 23.4 Å². The molecule has 0 amide bonds. The van der Waals surface area contributed by atoms with Gasteiger partial charge in [-0.25, -0.2) is 9.67 Å². The standard InChI is InChI=1S/C25H33N5O3S/c1-16-13-19(30(27-16)21-7-3-6-11-33-21)22-23-24(34-28-22)18(25(31)8-4-5-9-25)14-20(26-23)29-10-12-32-15-17(29)2/h13-14,17,21,31H,3-12,15H2,1-2H3. The quantitative estimate of drug-likeness (QED) is 0.583. The molecule has 1 N–H and O–H groups in total. The van der Waals surface area contributed by atoms with Gasteiger partial charge in [0.25, 0.3) is 0 Å². The van der Waals surface area contributed by atoms with E-state index in [1.807, 2.05) is 11.6 Å². The molecular formula is C25H33N5O3S. The predicted octanol–water partition coefficient (Wildman–Crippen LogP) is 4.55. The summed E-state index contributed by atoms with van der Waals surface area (Å²) in [6.45, 7) is 7.09. The Morgan fingerprint density at radius 2 is 2.00 bits per heavy atom. The number of hydrogen-bond donors (Lipinski definition) is 1. The first-order chi connectivity index (χ1) is 16.5. The second-order valence-electron chi connectivity index (χ2n) is 10.0. The maximum atomic E-state index is 11.7. The molecule has 0 spiro atoms. The molecule has 6 rings (SSSR count). The number of ether oxygens (including phenoxy) is 2. The summed E-state index contributed by atoms with van der Waals surface area (Å²) < 4.78 is 19.7. The number of anilines is 1. The van der Waals surface area contributed by atoms with Crippen LogP contribution in [0.3, 0.4) is 0 Å². The van der Waals surface area contributed by atoms with E-state index in [9.17, 15) is 5.11 Å². The zero-order valence-electron chi connectivity index (χ0n) is 20.0. The van der Waals surface area contributed by atoms with Gasteiger partial charge in [0.05, 0.1) is 40.9 Å². The van der Waals surface area contributed by atoms with Crippen LogP contribution in [-0.4, -0.2) is 56.7 Å². The van der Waals surface area contributed by atoms with Gasteiger partial charge in [0.2, 0.25) is 0 Å². The van der Waals surface area contributed by atoms with E-state index in [0.717, 1.165) is 96.8 Å². The fraction of sp³-hybridized carbons (Fsp3) is 0.640. The fourth-order valence-electron chi connectivity index (χ4n) is 5.69. The van der Waals surface area contributed by atoms with Crippen molar-refractivity contribution in [2.75, 3.05) is 31.3 Å². The summed E-state index contributed by atoms with van der Waals surface area (Å²) in [4.78, 5) is 7.47. The van der Waals surface area contributed by atoms with Crippen LogP contribution in [0.1, 0.15) is 69.4 Å². The van der Waals surface area contributed by atoms with Crippen LogP contribution in [0.25, 0.3) is 21.6 Å². The zero-order chi connectivity index (χ0) is 23.3. The Hall–Kier alpha value is -2.07. The number of morpholine rings is 1. The van der Waals surface area contributed by atoms with Gasteiger partial charge in [-0.1, -0.05) is 12.8 Å². The van der Waals surface area contributed by atoms with E-state index >= 15 is 0 Å². The Balaban J connectivity index is 1.53. The molecule has 2 unspecified atom stereocenters. The van der Waals surface area contributed by atoms with Crippen LogP contribution < -0.4 is 4.90 Å². The van der Waals surface area contributed by atoms with Gasteiger partial charge < -0.3 is 19.5 Å². The number of rotatable bonds is 4. The van der Waals surface area contributed by atoms with Crippen molar-refractivity contribution >= 4 is 27.6 Å². The second kappa shape index (κ2) is 8.86. The first-order valence-corrected chi connectivity index (χ1v) is 13.4. The lowest BCUT2D eigenvalue weighted by molar-refractivity contribution is -0.0385. The molecule has 34 heavy (non-hydrogen) atoms. The highest BCUT2D eigenvalue weighted by Crippen LogP contribution is 2.45. The smallest absolute Gasteiger partial charge is 0.150 e. The molecule has 182 valence electrons. The van der Waals surface area contributed by atoms with E-state index in [4.69, 9.17) is 23.9 Å². The van der Waals surface area contributed by atoms with E-state index in [1.165, 1.54) is 11.5 Å². The Morgan fingerprint density at radius 3 is 2.76 bits per heavy atom. The first-order valence-electron chi connectivity index (χ1n) is 12.6. The highest BCUT2D eigenvalue weighted by Gasteiger charge is 2.37. The second-order valence-corrected chi connectivity index (χ2v) is 10.8. The molecule has 3 aromatic rings. The normalized spacial score (nSPS) is 25.3. The van der Waals surface area contributed by atoms with Crippen molar-refractivity contribution in [3.63, 3.8) is 0 Å². The average Bonchev–Trinajstić information content (AvgIpc) is 3.58. The third kappa shape index (κ3) is 3.82. The van der Waals surface area contributed by atoms with Gasteiger partial charge in [-0.05, 0) is 69.6 Å². The Bertz CT molecular complexity index is 1180. The number of aromatic nitrogens is 4. The lowest BCUT2D eigenvalue weighted by atomic mass is 9.92. The molecule has 0 bridgehead atoms. The monoisotopic (exact) mass is 483 g/mol. The van der Waals surface area contributed by atoms with Gasteiger partial charge in [-0.15, -0.1) is 0 Å². The molecule has 0 radical (unpaired) electrons. The minimum Gasteiger partial charge on any atom is -0.385 e. The summed E-state index contributed by atoms with van der Waals surface area (Å²) in [6, 6.07) is 4.43. The van der Waals surface area contributed by atoms with Gasteiger partial charge in [0.1, 0.15) is 17.0 Å². The molecule has 2 atom stereocenters. The number of fused-ring (bicyclic) bond motifs is 1. The molecule has 2 saturated heterocycles. The van der Waals surface area contributed by atoms with Gasteiger partial charge in [0.15, 0.2) is 6.23 Å². The topological polar surface area (TPSA) is 85.5 Å². The van der Waals surface area contributed by atoms with E-state index in [2.05, 4.69) is 24.0 Å². The van der Waals surface area contributed by atoms with Crippen molar-refractivity contribution < 1.29 is 14.6 Å². The Kier molecular flexibility index (Phi) is 5.83. The van der Waals surface area contributed by atoms with Crippen LogP contribution in [0.5, 0.6) is 0 Å². The molecule has 1 saturated carbocycles. The minimum absolute atomic E-state index is 0.0739. The molecule has 0 aromatic carbocycles. The van der Waals surface area contributed by atoms with Crippen LogP contribution in [-0.2, 0) is 15.1 Å². The van der Waals surface area contributed by atoms with Crippen molar-refractivity contribution in [3.8, 4) is 11.4 Å². The summed E-state index contributed by atoms with van der Waals surface area (Å²) in [6.07, 6.45) is 6.75. The number of hydrogen-bond acceptors (Lipinski definition) is 8. The maximum Gasteiger partial charge on any atom is 0.150 e. The van der Waals surface area contributed by atoms with Gasteiger partial charge in [0, 0.05) is 18.7 Å². The van der Waals surface area contributed by atoms with Gasteiger partial charge in [-0.2, -0.15) is 9.47 Å². The summed E-state index contributed by atoms with van der Waals surface area (Å²) in [5, 5.41) is 16.4. The van der Waals surface area contributed by atoms with Crippen molar-refractivity contribution in [1.29, 1.82) is 0 Å². The first kappa shape index (κ1) is 22.4. The highest BCUT2D eigenvalue weighted by molar-refractivity contribution is 7.13. The maximum absolute atomic E-state index is 11.7. The van der Waals surface area contributed by atoms with Crippen molar-refractivity contribution in [2.24, 2.45) is 0 Å². The molecule has 3 aromatic heterocycles. The van der Waals surface area contributed by atoms with Gasteiger partial charge in [-0.3, -0.25) is 0 Å². The van der Waals surface area contributed by atoms with E-state index in [1.54, 1.807) is 0 Å². The summed E-state index contributed by atoms with van der Waals surface area (Å²) in [7, 11) is 0. The molecule has 5 heterocycles. The number of pyridine rings is 1. The molecule has 3 aliphatic rings. The number of aliphatic hydroxyl groups is 1. The van der Waals surface area contributed by atoms with Crippen molar-refractivity contribution in [1.82, 2.24) is 19.1 Å². The zero-order valence-corrected chi connectivity index (χ0v) is 20.8. The molecule has 8 nitrogen and oxygen atoms in total. The van der Waals surface area contributed by atoms with Crippen molar-refractivity contribution in [2.45, 2.75) is 76.7 Å². The number of aryl methyl sites for hydroxylation is 1. The minimum atomic E-state index is -0.822. The fourth-order valence-corrected chi connectivity index (χ4v) is 6.63. The SMILES string of the molecule is Cc1cc(-c2nsc3c(C4(O)CCCC4)cc(N4CCOCC4C)nc23)n(C2CCCCO2)n1. The molecule has 3 fully saturated rings.